The SMILES string of the molecule is CC(C)Oc1ccc(CN2CCN(C(=O)c3cc4ccc(Oc5ccc(NC(=O)c6ccc(C(F)(F)F)cc6Cl)cn5)cc4n3C)CC2)cc1. The van der Waals surface area contributed by atoms with Crippen LogP contribution in [-0.2, 0) is 19.8 Å². The van der Waals surface area contributed by atoms with Gasteiger partial charge >= 0.3 is 6.18 Å². The predicted molar refractivity (Wildman–Crippen MR) is 185 cm³/mol. The molecule has 0 atom stereocenters. The Balaban J connectivity index is 1.05. The molecule has 1 saturated heterocycles. The maximum atomic E-state index is 13.6. The molecule has 50 heavy (non-hydrogen) atoms. The fourth-order valence-electron chi connectivity index (χ4n) is 5.76. The van der Waals surface area contributed by atoms with E-state index in [0.29, 0.717) is 36.3 Å². The lowest BCUT2D eigenvalue weighted by molar-refractivity contribution is -0.137. The van der Waals surface area contributed by atoms with Gasteiger partial charge in [-0.05, 0) is 74.0 Å². The van der Waals surface area contributed by atoms with Gasteiger partial charge in [0.2, 0.25) is 5.88 Å². The summed E-state index contributed by atoms with van der Waals surface area (Å²) < 4.78 is 52.3. The van der Waals surface area contributed by atoms with Gasteiger partial charge in [0, 0.05) is 57.3 Å². The second-order valence-corrected chi connectivity index (χ2v) is 12.7. The summed E-state index contributed by atoms with van der Waals surface area (Å²) in [5.41, 5.74) is 1.84. The van der Waals surface area contributed by atoms with Crippen LogP contribution >= 0.6 is 11.6 Å². The molecule has 3 aromatic carbocycles. The molecule has 3 heterocycles. The lowest BCUT2D eigenvalue weighted by atomic mass is 10.1. The molecule has 5 aromatic rings. The first kappa shape index (κ1) is 34.8. The zero-order valence-electron chi connectivity index (χ0n) is 27.6. The molecule has 1 aliphatic heterocycles. The third-order valence-electron chi connectivity index (χ3n) is 8.35. The Morgan fingerprint density at radius 1 is 0.920 bits per heavy atom. The van der Waals surface area contributed by atoms with E-state index in [1.54, 1.807) is 18.2 Å². The number of nitrogens with zero attached hydrogens (tertiary/aromatic N) is 4. The van der Waals surface area contributed by atoms with Gasteiger partial charge in [0.1, 0.15) is 17.2 Å². The van der Waals surface area contributed by atoms with Crippen LogP contribution in [-0.4, -0.2) is 63.4 Å². The summed E-state index contributed by atoms with van der Waals surface area (Å²) in [5, 5.41) is 3.14. The van der Waals surface area contributed by atoms with Crippen molar-refractivity contribution in [1.29, 1.82) is 0 Å². The first-order chi connectivity index (χ1) is 23.8. The fraction of sp³-hybridized carbons (Fsp3) is 0.270. The number of anilines is 1. The first-order valence-corrected chi connectivity index (χ1v) is 16.4. The first-order valence-electron chi connectivity index (χ1n) is 16.0. The van der Waals surface area contributed by atoms with Crippen molar-refractivity contribution in [3.63, 3.8) is 0 Å². The van der Waals surface area contributed by atoms with Crippen LogP contribution in [0.5, 0.6) is 17.4 Å². The number of halogens is 4. The summed E-state index contributed by atoms with van der Waals surface area (Å²) in [4.78, 5) is 34.7. The Morgan fingerprint density at radius 3 is 2.28 bits per heavy atom. The average molecular weight is 706 g/mol. The van der Waals surface area contributed by atoms with Crippen LogP contribution < -0.4 is 14.8 Å². The standard InChI is InChI=1S/C37H35ClF3N5O4/c1-23(2)49-28-9-4-24(5-10-28)22-45-14-16-46(17-15-45)36(48)33-18-25-6-11-29(20-32(25)44(33)3)50-34-13-8-27(21-42-34)43-35(47)30-12-7-26(19-31(30)38)37(39,40)41/h4-13,18-21,23H,14-17,22H2,1-3H3,(H,43,47). The van der Waals surface area contributed by atoms with Crippen molar-refractivity contribution in [2.75, 3.05) is 31.5 Å². The van der Waals surface area contributed by atoms with Crippen molar-refractivity contribution in [3.05, 3.63) is 112 Å². The molecule has 1 N–H and O–H groups in total. The van der Waals surface area contributed by atoms with Crippen LogP contribution in [0.2, 0.25) is 5.02 Å². The third-order valence-corrected chi connectivity index (χ3v) is 8.67. The molecule has 0 aliphatic carbocycles. The maximum absolute atomic E-state index is 13.6. The van der Waals surface area contributed by atoms with Crippen LogP contribution in [0.25, 0.3) is 10.9 Å². The molecular weight excluding hydrogens is 671 g/mol. The zero-order valence-corrected chi connectivity index (χ0v) is 28.4. The molecule has 0 unspecified atom stereocenters. The Labute approximate surface area is 292 Å². The number of amides is 2. The molecule has 0 saturated carbocycles. The van der Waals surface area contributed by atoms with Gasteiger partial charge in [-0.3, -0.25) is 14.5 Å². The highest BCUT2D eigenvalue weighted by molar-refractivity contribution is 6.34. The monoisotopic (exact) mass is 705 g/mol. The third kappa shape index (κ3) is 8.03. The second-order valence-electron chi connectivity index (χ2n) is 12.3. The molecule has 0 bridgehead atoms. The minimum atomic E-state index is -4.57. The number of pyridine rings is 1. The van der Waals surface area contributed by atoms with Crippen molar-refractivity contribution in [2.45, 2.75) is 32.7 Å². The van der Waals surface area contributed by atoms with Crippen molar-refractivity contribution in [2.24, 2.45) is 7.05 Å². The topological polar surface area (TPSA) is 88.9 Å². The normalized spacial score (nSPS) is 13.9. The summed E-state index contributed by atoms with van der Waals surface area (Å²) in [7, 11) is 1.85. The van der Waals surface area contributed by atoms with Crippen LogP contribution in [0, 0.1) is 0 Å². The Hall–Kier alpha value is -5.07. The number of alkyl halides is 3. The van der Waals surface area contributed by atoms with E-state index in [9.17, 15) is 22.8 Å². The van der Waals surface area contributed by atoms with E-state index in [1.807, 2.05) is 60.7 Å². The van der Waals surface area contributed by atoms with Crippen molar-refractivity contribution in [1.82, 2.24) is 19.4 Å². The van der Waals surface area contributed by atoms with Gasteiger partial charge in [0.15, 0.2) is 0 Å². The molecule has 9 nitrogen and oxygen atoms in total. The second kappa shape index (κ2) is 14.4. The van der Waals surface area contributed by atoms with E-state index < -0.39 is 17.6 Å². The number of carbonyl (C=O) groups is 2. The highest BCUT2D eigenvalue weighted by Crippen LogP contribution is 2.33. The van der Waals surface area contributed by atoms with Crippen LogP contribution in [0.15, 0.2) is 85.1 Å². The molecule has 0 radical (unpaired) electrons. The number of fused-ring (bicyclic) bond motifs is 1. The van der Waals surface area contributed by atoms with Gasteiger partial charge in [-0.15, -0.1) is 0 Å². The van der Waals surface area contributed by atoms with E-state index in [0.717, 1.165) is 48.4 Å². The molecule has 6 rings (SSSR count). The molecule has 2 amide bonds. The highest BCUT2D eigenvalue weighted by Gasteiger charge is 2.31. The van der Waals surface area contributed by atoms with E-state index in [4.69, 9.17) is 21.1 Å². The number of benzene rings is 3. The number of rotatable bonds is 9. The van der Waals surface area contributed by atoms with E-state index in [-0.39, 0.29) is 28.5 Å². The van der Waals surface area contributed by atoms with Crippen LogP contribution in [0.3, 0.4) is 0 Å². The Bertz CT molecular complexity index is 2010. The number of hydrogen-bond acceptors (Lipinski definition) is 6. The summed E-state index contributed by atoms with van der Waals surface area (Å²) in [5.74, 6) is 0.891. The summed E-state index contributed by atoms with van der Waals surface area (Å²) in [6.45, 7) is 7.62. The average Bonchev–Trinajstić information content (AvgIpc) is 3.41. The summed E-state index contributed by atoms with van der Waals surface area (Å²) in [6, 6.07) is 21.1. The number of aromatic nitrogens is 2. The molecule has 1 aliphatic rings. The molecule has 13 heteroatoms. The number of ether oxygens (including phenoxy) is 2. The van der Waals surface area contributed by atoms with Crippen molar-refractivity contribution >= 4 is 40.0 Å². The molecule has 0 spiro atoms. The summed E-state index contributed by atoms with van der Waals surface area (Å²) in [6.07, 6.45) is -3.08. The fourth-order valence-corrected chi connectivity index (χ4v) is 6.03. The minimum absolute atomic E-state index is 0.0297. The number of hydrogen-bond donors (Lipinski definition) is 1. The quantitative estimate of drug-likeness (QED) is 0.167. The lowest BCUT2D eigenvalue weighted by Gasteiger charge is -2.34. The van der Waals surface area contributed by atoms with E-state index in [1.165, 1.54) is 11.8 Å². The van der Waals surface area contributed by atoms with Gasteiger partial charge in [-0.25, -0.2) is 4.98 Å². The van der Waals surface area contributed by atoms with Gasteiger partial charge in [0.25, 0.3) is 11.8 Å². The van der Waals surface area contributed by atoms with Crippen LogP contribution in [0.1, 0.15) is 45.8 Å². The van der Waals surface area contributed by atoms with Gasteiger partial charge < -0.3 is 24.3 Å². The molecule has 2 aromatic heterocycles. The van der Waals surface area contributed by atoms with Crippen LogP contribution in [0.4, 0.5) is 18.9 Å². The number of piperazine rings is 1. The molecular formula is C37H35ClF3N5O4. The Morgan fingerprint density at radius 2 is 1.64 bits per heavy atom. The largest absolute Gasteiger partial charge is 0.491 e. The maximum Gasteiger partial charge on any atom is 0.416 e. The lowest BCUT2D eigenvalue weighted by Crippen LogP contribution is -2.48. The number of carbonyl (C=O) groups excluding carboxylic acids is 2. The number of aryl methyl sites for hydroxylation is 1. The van der Waals surface area contributed by atoms with Gasteiger partial charge in [0.05, 0.1) is 39.7 Å². The molecule has 260 valence electrons. The highest BCUT2D eigenvalue weighted by atomic mass is 35.5. The van der Waals surface area contributed by atoms with Crippen molar-refractivity contribution < 1.29 is 32.2 Å². The van der Waals surface area contributed by atoms with E-state index >= 15 is 0 Å². The van der Waals surface area contributed by atoms with E-state index in [2.05, 4.69) is 27.3 Å². The number of nitrogens with one attached hydrogen (secondary N) is 1. The van der Waals surface area contributed by atoms with Gasteiger partial charge in [-0.1, -0.05) is 23.7 Å². The zero-order chi connectivity index (χ0) is 35.6. The predicted octanol–water partition coefficient (Wildman–Crippen LogP) is 8.04. The Kier molecular flexibility index (Phi) is 10.0. The smallest absolute Gasteiger partial charge is 0.416 e. The molecule has 1 fully saturated rings. The van der Waals surface area contributed by atoms with Gasteiger partial charge in [-0.2, -0.15) is 13.2 Å². The summed E-state index contributed by atoms with van der Waals surface area (Å²) >= 11 is 5.94. The van der Waals surface area contributed by atoms with Crippen molar-refractivity contribution in [3.8, 4) is 17.4 Å². The minimum Gasteiger partial charge on any atom is -0.491 e.